The molecule has 2 heteroatoms. The first-order valence-electron chi connectivity index (χ1n) is 5.69. The van der Waals surface area contributed by atoms with E-state index in [2.05, 4.69) is 13.5 Å². The Kier molecular flexibility index (Phi) is 5.34. The Bertz CT molecular complexity index is 341. The Morgan fingerprint density at radius 3 is 2.56 bits per heavy atom. The number of carbonyl (C=O) groups excluding carboxylic acids is 1. The van der Waals surface area contributed by atoms with Gasteiger partial charge in [-0.2, -0.15) is 0 Å². The molecule has 0 saturated carbocycles. The van der Waals surface area contributed by atoms with E-state index in [-0.39, 0.29) is 5.97 Å². The molecule has 0 atom stereocenters. The van der Waals surface area contributed by atoms with E-state index < -0.39 is 0 Å². The zero-order valence-electron chi connectivity index (χ0n) is 9.74. The number of carbonyl (C=O) groups is 1. The fourth-order valence-electron chi connectivity index (χ4n) is 1.39. The van der Waals surface area contributed by atoms with E-state index in [1.807, 2.05) is 18.2 Å². The van der Waals surface area contributed by atoms with Crippen LogP contribution in [-0.4, -0.2) is 5.97 Å². The molecule has 0 fully saturated rings. The Morgan fingerprint density at radius 2 is 1.94 bits per heavy atom. The average Bonchev–Trinajstić information content (AvgIpc) is 2.30. The van der Waals surface area contributed by atoms with Crippen molar-refractivity contribution < 1.29 is 9.53 Å². The number of allylic oxidation sites excluding steroid dienone is 1. The zero-order chi connectivity index (χ0) is 11.8. The third-order valence-electron chi connectivity index (χ3n) is 2.31. The lowest BCUT2D eigenvalue weighted by atomic mass is 10.2. The lowest BCUT2D eigenvalue weighted by molar-refractivity contribution is 0.0615. The molecule has 86 valence electrons. The van der Waals surface area contributed by atoms with Crippen molar-refractivity contribution in [3.05, 3.63) is 48.2 Å². The van der Waals surface area contributed by atoms with Crippen molar-refractivity contribution in [1.82, 2.24) is 0 Å². The molecule has 1 aromatic carbocycles. The van der Waals surface area contributed by atoms with E-state index in [9.17, 15) is 4.79 Å². The molecule has 1 rings (SSSR count). The summed E-state index contributed by atoms with van der Waals surface area (Å²) in [5, 5.41) is 0. The number of hydrogen-bond donors (Lipinski definition) is 0. The van der Waals surface area contributed by atoms with Crippen molar-refractivity contribution in [2.75, 3.05) is 0 Å². The zero-order valence-corrected chi connectivity index (χ0v) is 9.74. The lowest BCUT2D eigenvalue weighted by Gasteiger charge is -2.06. The van der Waals surface area contributed by atoms with E-state index in [0.29, 0.717) is 11.3 Å². The molecule has 0 heterocycles. The van der Waals surface area contributed by atoms with Crippen molar-refractivity contribution in [2.24, 2.45) is 0 Å². The maximum absolute atomic E-state index is 11.6. The summed E-state index contributed by atoms with van der Waals surface area (Å²) in [5.74, 6) is 0.240. The first-order chi connectivity index (χ1) is 7.74. The van der Waals surface area contributed by atoms with Crippen LogP contribution in [0, 0.1) is 0 Å². The minimum atomic E-state index is -0.318. The third-order valence-corrected chi connectivity index (χ3v) is 2.31. The Morgan fingerprint density at radius 1 is 1.25 bits per heavy atom. The van der Waals surface area contributed by atoms with Gasteiger partial charge in [-0.25, -0.2) is 4.79 Å². The summed E-state index contributed by atoms with van der Waals surface area (Å²) in [4.78, 5) is 11.6. The van der Waals surface area contributed by atoms with Crippen LogP contribution in [0.5, 0.6) is 0 Å². The van der Waals surface area contributed by atoms with Crippen LogP contribution in [0.15, 0.2) is 42.7 Å². The molecule has 0 unspecified atom stereocenters. The van der Waals surface area contributed by atoms with E-state index in [0.717, 1.165) is 25.7 Å². The van der Waals surface area contributed by atoms with E-state index in [1.165, 1.54) is 0 Å². The molecule has 16 heavy (non-hydrogen) atoms. The minimum absolute atomic E-state index is 0.318. The van der Waals surface area contributed by atoms with Crippen molar-refractivity contribution in [1.29, 1.82) is 0 Å². The second kappa shape index (κ2) is 6.83. The van der Waals surface area contributed by atoms with E-state index in [4.69, 9.17) is 4.74 Å². The summed E-state index contributed by atoms with van der Waals surface area (Å²) in [6.45, 7) is 5.89. The van der Waals surface area contributed by atoms with Gasteiger partial charge >= 0.3 is 5.97 Å². The molecule has 0 bridgehead atoms. The summed E-state index contributed by atoms with van der Waals surface area (Å²) >= 11 is 0. The number of esters is 1. The monoisotopic (exact) mass is 218 g/mol. The van der Waals surface area contributed by atoms with Gasteiger partial charge in [0.05, 0.1) is 5.56 Å². The molecule has 0 saturated heterocycles. The van der Waals surface area contributed by atoms with Gasteiger partial charge in [0.2, 0.25) is 0 Å². The molecule has 1 aromatic rings. The van der Waals surface area contributed by atoms with Gasteiger partial charge in [-0.3, -0.25) is 0 Å². The smallest absolute Gasteiger partial charge is 0.343 e. The van der Waals surface area contributed by atoms with Gasteiger partial charge in [0.1, 0.15) is 5.76 Å². The number of rotatable bonds is 6. The highest BCUT2D eigenvalue weighted by Gasteiger charge is 2.07. The number of benzene rings is 1. The first kappa shape index (κ1) is 12.5. The topological polar surface area (TPSA) is 26.3 Å². The summed E-state index contributed by atoms with van der Waals surface area (Å²) in [6, 6.07) is 8.98. The molecular formula is C14H18O2. The molecule has 0 radical (unpaired) electrons. The highest BCUT2D eigenvalue weighted by Crippen LogP contribution is 2.11. The highest BCUT2D eigenvalue weighted by molar-refractivity contribution is 5.89. The summed E-state index contributed by atoms with van der Waals surface area (Å²) in [7, 11) is 0. The van der Waals surface area contributed by atoms with Gasteiger partial charge in [-0.15, -0.1) is 0 Å². The van der Waals surface area contributed by atoms with Crippen LogP contribution in [0.25, 0.3) is 0 Å². The van der Waals surface area contributed by atoms with Crippen molar-refractivity contribution in [2.45, 2.75) is 32.6 Å². The Balaban J connectivity index is 2.37. The third kappa shape index (κ3) is 4.30. The van der Waals surface area contributed by atoms with Crippen LogP contribution in [0.2, 0.25) is 0 Å². The second-order valence-electron chi connectivity index (χ2n) is 3.75. The molecule has 0 N–H and O–H groups in total. The molecule has 0 aromatic heterocycles. The van der Waals surface area contributed by atoms with Crippen molar-refractivity contribution in [3.8, 4) is 0 Å². The molecule has 0 aliphatic rings. The van der Waals surface area contributed by atoms with Gasteiger partial charge < -0.3 is 4.74 Å². The number of unbranched alkanes of at least 4 members (excludes halogenated alkanes) is 2. The number of hydrogen-bond acceptors (Lipinski definition) is 2. The predicted octanol–water partition coefficient (Wildman–Crippen LogP) is 3.94. The second-order valence-corrected chi connectivity index (χ2v) is 3.75. The van der Waals surface area contributed by atoms with Gasteiger partial charge in [-0.1, -0.05) is 44.5 Å². The van der Waals surface area contributed by atoms with Gasteiger partial charge in [-0.05, 0) is 18.6 Å². The quantitative estimate of drug-likeness (QED) is 0.410. The highest BCUT2D eigenvalue weighted by atomic mass is 16.5. The Labute approximate surface area is 96.9 Å². The summed E-state index contributed by atoms with van der Waals surface area (Å²) in [6.07, 6.45) is 4.08. The van der Waals surface area contributed by atoms with Gasteiger partial charge in [0.15, 0.2) is 0 Å². The van der Waals surface area contributed by atoms with Gasteiger partial charge in [0.25, 0.3) is 0 Å². The SMILES string of the molecule is C=C(CCCCC)OC(=O)c1ccccc1. The number of ether oxygens (including phenoxy) is 1. The lowest BCUT2D eigenvalue weighted by Crippen LogP contribution is -2.04. The predicted molar refractivity (Wildman–Crippen MR) is 65.1 cm³/mol. The maximum Gasteiger partial charge on any atom is 0.343 e. The molecule has 0 aliphatic heterocycles. The summed E-state index contributed by atoms with van der Waals surface area (Å²) < 4.78 is 5.15. The van der Waals surface area contributed by atoms with Crippen molar-refractivity contribution in [3.63, 3.8) is 0 Å². The standard InChI is InChI=1S/C14H18O2/c1-3-4-6-9-12(2)16-14(15)13-10-7-5-8-11-13/h5,7-8,10-11H,2-4,6,9H2,1H3. The molecule has 2 nitrogen and oxygen atoms in total. The van der Waals surface area contributed by atoms with Crippen LogP contribution < -0.4 is 0 Å². The van der Waals surface area contributed by atoms with E-state index in [1.54, 1.807) is 12.1 Å². The fourth-order valence-corrected chi connectivity index (χ4v) is 1.39. The van der Waals surface area contributed by atoms with Crippen LogP contribution >= 0.6 is 0 Å². The van der Waals surface area contributed by atoms with Crippen molar-refractivity contribution >= 4 is 5.97 Å². The van der Waals surface area contributed by atoms with Crippen LogP contribution in [0.1, 0.15) is 43.0 Å². The summed E-state index contributed by atoms with van der Waals surface area (Å²) in [5.41, 5.74) is 0.569. The molecule has 0 spiro atoms. The fraction of sp³-hybridized carbons (Fsp3) is 0.357. The average molecular weight is 218 g/mol. The molecule has 0 amide bonds. The first-order valence-corrected chi connectivity index (χ1v) is 5.69. The molecule has 0 aliphatic carbocycles. The van der Waals surface area contributed by atoms with Crippen LogP contribution in [0.3, 0.4) is 0 Å². The van der Waals surface area contributed by atoms with E-state index >= 15 is 0 Å². The normalized spacial score (nSPS) is 9.81. The van der Waals surface area contributed by atoms with Gasteiger partial charge in [0, 0.05) is 6.42 Å². The maximum atomic E-state index is 11.6. The molecular weight excluding hydrogens is 200 g/mol. The minimum Gasteiger partial charge on any atom is -0.428 e. The Hall–Kier alpha value is -1.57. The van der Waals surface area contributed by atoms with Crippen LogP contribution in [0.4, 0.5) is 0 Å². The largest absolute Gasteiger partial charge is 0.428 e. The van der Waals surface area contributed by atoms with Crippen LogP contribution in [-0.2, 0) is 4.74 Å².